The molecule has 0 aromatic rings. The summed E-state index contributed by atoms with van der Waals surface area (Å²) in [5.41, 5.74) is 10.4. The highest BCUT2D eigenvalue weighted by atomic mass is 16.6. The Bertz CT molecular complexity index is 1890. The predicted molar refractivity (Wildman–Crippen MR) is 252 cm³/mol. The number of ether oxygens (including phenoxy) is 5. The van der Waals surface area contributed by atoms with Gasteiger partial charge in [-0.25, -0.2) is 4.79 Å². The summed E-state index contributed by atoms with van der Waals surface area (Å²) in [7, 11) is 4.52. The van der Waals surface area contributed by atoms with Crippen molar-refractivity contribution in [3.63, 3.8) is 0 Å². The van der Waals surface area contributed by atoms with Crippen LogP contribution in [0, 0.1) is 35.5 Å². The Kier molecular flexibility index (Phi) is 21.6. The Hall–Kier alpha value is -4.02. The van der Waals surface area contributed by atoms with Gasteiger partial charge in [0.05, 0.1) is 24.4 Å². The molecule has 4 aliphatic rings. The number of ketones is 3. The molecule has 2 saturated heterocycles. The molecule has 0 radical (unpaired) electrons. The maximum absolute atomic E-state index is 14.4. The Morgan fingerprint density at radius 1 is 0.910 bits per heavy atom. The number of methoxy groups -OCH3 is 3. The molecule has 374 valence electrons. The number of Topliss-reactive ketones (excluding diaryl/α,β-unsaturated/α-hetero) is 3. The molecule has 3 heterocycles. The molecular weight excluding hydrogens is 861 g/mol. The minimum atomic E-state index is -2.44. The van der Waals surface area contributed by atoms with Crippen LogP contribution in [0.3, 0.4) is 0 Å². The van der Waals surface area contributed by atoms with E-state index in [2.05, 4.69) is 10.0 Å². The topological polar surface area (TPSA) is 224 Å². The van der Waals surface area contributed by atoms with Crippen molar-refractivity contribution in [3.8, 4) is 0 Å². The standard InChI is InChI=1S/C51H78N4O12/c1-30-16-12-11-13-17-31(2)42(63-8)28-38-21-19-36(7)51(62,67-38)48(59)49(60)55-23-15-14-18-40(55)50(61)66-43(33(4)26-37-20-22-39(53-54-52)44(27-37)64-9)29-41(56)32(3)25-35(6)46(58)47(65-10)45(57)34(5)24-30/h11-13,16-17,25,30,32-34,36-40,42-44,46-47,58,62H,14-15,18-24,26-29H2,1-10H3/b13-11+,16-12+,31-17+,35-25+/t30-,32-,33-,34-,36-,37+,38+,39+,40+,42+,43+,44-,46-,47+,51-/m1/s1. The number of hydrogen-bond acceptors (Lipinski definition) is 13. The number of aliphatic hydroxyl groups is 2. The number of nitrogens with zero attached hydrogens (tertiary/aromatic N) is 4. The molecule has 0 aromatic heterocycles. The summed E-state index contributed by atoms with van der Waals surface area (Å²) in [5.74, 6) is -8.09. The summed E-state index contributed by atoms with van der Waals surface area (Å²) in [6, 6.07) is -1.47. The number of hydrogen-bond donors (Lipinski definition) is 2. The lowest BCUT2D eigenvalue weighted by Crippen LogP contribution is -2.61. The van der Waals surface area contributed by atoms with E-state index in [0.717, 1.165) is 12.0 Å². The van der Waals surface area contributed by atoms with E-state index in [1.807, 2.05) is 58.1 Å². The van der Waals surface area contributed by atoms with Gasteiger partial charge in [0, 0.05) is 63.4 Å². The number of esters is 1. The van der Waals surface area contributed by atoms with Gasteiger partial charge in [0.1, 0.15) is 30.1 Å². The number of azide groups is 1. The zero-order chi connectivity index (χ0) is 49.6. The van der Waals surface area contributed by atoms with E-state index in [4.69, 9.17) is 29.2 Å². The number of rotatable bonds is 7. The molecule has 0 aromatic carbocycles. The van der Waals surface area contributed by atoms with Gasteiger partial charge in [-0.3, -0.25) is 19.2 Å². The molecule has 2 bridgehead atoms. The average Bonchev–Trinajstić information content (AvgIpc) is 3.30. The van der Waals surface area contributed by atoms with E-state index in [0.29, 0.717) is 63.4 Å². The lowest BCUT2D eigenvalue weighted by molar-refractivity contribution is -0.265. The monoisotopic (exact) mass is 939 g/mol. The molecule has 16 nitrogen and oxygen atoms in total. The van der Waals surface area contributed by atoms with Crippen LogP contribution in [-0.4, -0.2) is 127 Å². The normalized spacial score (nSPS) is 39.4. The number of carbonyl (C=O) groups is 5. The van der Waals surface area contributed by atoms with Crippen molar-refractivity contribution in [2.45, 2.75) is 180 Å². The van der Waals surface area contributed by atoms with Crippen molar-refractivity contribution < 1.29 is 57.9 Å². The van der Waals surface area contributed by atoms with Gasteiger partial charge in [-0.1, -0.05) is 76.2 Å². The molecule has 15 atom stereocenters. The van der Waals surface area contributed by atoms with E-state index >= 15 is 0 Å². The van der Waals surface area contributed by atoms with Crippen molar-refractivity contribution in [1.82, 2.24) is 4.90 Å². The molecule has 3 aliphatic heterocycles. The Labute approximate surface area is 397 Å². The fourth-order valence-electron chi connectivity index (χ4n) is 10.3. The maximum atomic E-state index is 14.4. The first kappa shape index (κ1) is 55.6. The lowest BCUT2D eigenvalue weighted by Gasteiger charge is -2.42. The number of carbonyl (C=O) groups excluding carboxylic acids is 5. The third-order valence-electron chi connectivity index (χ3n) is 14.7. The second-order valence-electron chi connectivity index (χ2n) is 19.8. The van der Waals surface area contributed by atoms with E-state index in [1.54, 1.807) is 41.1 Å². The van der Waals surface area contributed by atoms with Crippen molar-refractivity contribution in [3.05, 3.63) is 58.0 Å². The first-order valence-corrected chi connectivity index (χ1v) is 24.3. The first-order valence-electron chi connectivity index (χ1n) is 24.3. The Morgan fingerprint density at radius 2 is 1.64 bits per heavy atom. The van der Waals surface area contributed by atoms with Crippen LogP contribution in [0.25, 0.3) is 10.4 Å². The molecule has 3 fully saturated rings. The minimum absolute atomic E-state index is 0.0129. The van der Waals surface area contributed by atoms with E-state index in [1.165, 1.54) is 12.0 Å². The van der Waals surface area contributed by atoms with Crippen LogP contribution in [0.15, 0.2) is 52.7 Å². The van der Waals surface area contributed by atoms with Gasteiger partial charge >= 0.3 is 5.97 Å². The van der Waals surface area contributed by atoms with E-state index in [9.17, 15) is 34.2 Å². The van der Waals surface area contributed by atoms with Crippen molar-refractivity contribution in [2.75, 3.05) is 27.9 Å². The zero-order valence-corrected chi connectivity index (χ0v) is 41.5. The van der Waals surface area contributed by atoms with Gasteiger partial charge in [0.25, 0.3) is 11.7 Å². The van der Waals surface area contributed by atoms with Crippen LogP contribution in [0.1, 0.15) is 126 Å². The minimum Gasteiger partial charge on any atom is -0.460 e. The second-order valence-corrected chi connectivity index (χ2v) is 19.8. The third-order valence-corrected chi connectivity index (χ3v) is 14.7. The quantitative estimate of drug-likeness (QED) is 0.0632. The van der Waals surface area contributed by atoms with Crippen LogP contribution in [-0.2, 0) is 47.7 Å². The highest BCUT2D eigenvalue weighted by molar-refractivity contribution is 6.39. The van der Waals surface area contributed by atoms with Crippen molar-refractivity contribution >= 4 is 29.2 Å². The van der Waals surface area contributed by atoms with Gasteiger partial charge in [0.2, 0.25) is 5.79 Å². The van der Waals surface area contributed by atoms with Crippen LogP contribution in [0.5, 0.6) is 0 Å². The second kappa shape index (κ2) is 26.1. The summed E-state index contributed by atoms with van der Waals surface area (Å²) >= 11 is 0. The fraction of sp³-hybridized carbons (Fsp3) is 0.745. The highest BCUT2D eigenvalue weighted by Crippen LogP contribution is 2.38. The molecule has 1 aliphatic carbocycles. The average molecular weight is 939 g/mol. The highest BCUT2D eigenvalue weighted by Gasteiger charge is 2.53. The van der Waals surface area contributed by atoms with Crippen LogP contribution < -0.4 is 0 Å². The number of amides is 1. The van der Waals surface area contributed by atoms with Gasteiger partial charge in [-0.2, -0.15) is 0 Å². The van der Waals surface area contributed by atoms with E-state index in [-0.39, 0.29) is 60.9 Å². The lowest BCUT2D eigenvalue weighted by atomic mass is 9.78. The molecule has 16 heteroatoms. The number of cyclic esters (lactones) is 1. The molecule has 1 amide bonds. The largest absolute Gasteiger partial charge is 0.460 e. The molecule has 0 unspecified atom stereocenters. The van der Waals surface area contributed by atoms with Crippen molar-refractivity contribution in [1.29, 1.82) is 0 Å². The number of allylic oxidation sites excluding steroid dienone is 6. The third kappa shape index (κ3) is 14.7. The Balaban J connectivity index is 1.71. The molecule has 0 spiro atoms. The van der Waals surface area contributed by atoms with Gasteiger partial charge in [-0.15, -0.1) is 0 Å². The predicted octanol–water partition coefficient (Wildman–Crippen LogP) is 7.50. The number of aliphatic hydroxyl groups excluding tert-OH is 1. The van der Waals surface area contributed by atoms with Crippen molar-refractivity contribution in [2.24, 2.45) is 40.6 Å². The molecule has 1 saturated carbocycles. The molecule has 2 N–H and O–H groups in total. The summed E-state index contributed by atoms with van der Waals surface area (Å²) in [6.07, 6.45) is 11.7. The Morgan fingerprint density at radius 3 is 2.31 bits per heavy atom. The van der Waals surface area contributed by atoms with Crippen LogP contribution in [0.4, 0.5) is 0 Å². The summed E-state index contributed by atoms with van der Waals surface area (Å²) in [5, 5.41) is 27.3. The van der Waals surface area contributed by atoms with Crippen LogP contribution >= 0.6 is 0 Å². The first-order chi connectivity index (χ1) is 31.8. The smallest absolute Gasteiger partial charge is 0.329 e. The number of piperidine rings is 1. The SMILES string of the molecule is CO[C@H]1C[C@@H]2CC[C@@H](C)[C@@](O)(O2)C(=O)C(=O)N2CCCC[C@H]2C(=O)O[C@H]([C@H](C)C[C@@H]2CC[C@H](N=[N+]=[N-])[C@H](OC)C2)CC(=O)[C@H](C)/C=C(\C)[C@@H](O)[C@@H](OC)C(=O)[C@H](C)C[C@H](C)/C=C/C=C/C=C/1C. The summed E-state index contributed by atoms with van der Waals surface area (Å²) in [4.78, 5) is 75.0. The molecule has 4 rings (SSSR count). The molecule has 67 heavy (non-hydrogen) atoms. The maximum Gasteiger partial charge on any atom is 0.329 e. The van der Waals surface area contributed by atoms with E-state index < -0.39 is 77.8 Å². The fourth-order valence-corrected chi connectivity index (χ4v) is 10.3. The van der Waals surface area contributed by atoms with Crippen LogP contribution in [0.2, 0.25) is 0 Å². The zero-order valence-electron chi connectivity index (χ0n) is 41.5. The molecular formula is C51H78N4O12. The summed E-state index contributed by atoms with van der Waals surface area (Å²) in [6.45, 7) is 12.7. The van der Waals surface area contributed by atoms with Gasteiger partial charge in [0.15, 0.2) is 5.78 Å². The number of fused-ring (bicyclic) bond motifs is 3. The van der Waals surface area contributed by atoms with Gasteiger partial charge in [-0.05, 0) is 112 Å². The summed E-state index contributed by atoms with van der Waals surface area (Å²) < 4.78 is 29.5. The van der Waals surface area contributed by atoms with Gasteiger partial charge < -0.3 is 38.8 Å².